The van der Waals surface area contributed by atoms with Crippen LogP contribution in [0.5, 0.6) is 0 Å². The van der Waals surface area contributed by atoms with Crippen molar-refractivity contribution in [1.82, 2.24) is 5.32 Å². The van der Waals surface area contributed by atoms with Crippen LogP contribution in [-0.4, -0.2) is 37.0 Å². The van der Waals surface area contributed by atoms with Crippen LogP contribution in [0, 0.1) is 22.5 Å². The smallest absolute Gasteiger partial charge is 0.323 e. The summed E-state index contributed by atoms with van der Waals surface area (Å²) >= 11 is 0. The number of benzene rings is 1. The average molecular weight is 372 g/mol. The Morgan fingerprint density at radius 3 is 2.67 bits per heavy atom. The van der Waals surface area contributed by atoms with Crippen LogP contribution < -0.4 is 5.32 Å². The molecule has 1 saturated heterocycles. The highest BCUT2D eigenvalue weighted by atomic mass is 16.6. The molecular formula is C19H20N2O6. The van der Waals surface area contributed by atoms with E-state index in [1.165, 1.54) is 19.4 Å². The quantitative estimate of drug-likeness (QED) is 0.359. The van der Waals surface area contributed by atoms with Crippen LogP contribution in [0.1, 0.15) is 28.7 Å². The van der Waals surface area contributed by atoms with Crippen molar-refractivity contribution in [3.8, 4) is 0 Å². The first-order chi connectivity index (χ1) is 12.9. The molecule has 3 rings (SSSR count). The van der Waals surface area contributed by atoms with Crippen LogP contribution >= 0.6 is 0 Å². The average Bonchev–Trinajstić information content (AvgIpc) is 3.28. The number of methoxy groups -OCH3 is 1. The number of aryl methyl sites for hydroxylation is 1. The second kappa shape index (κ2) is 7.22. The van der Waals surface area contributed by atoms with E-state index < -0.39 is 40.6 Å². The van der Waals surface area contributed by atoms with E-state index in [1.54, 1.807) is 6.07 Å². The van der Waals surface area contributed by atoms with Crippen molar-refractivity contribution < 1.29 is 23.7 Å². The molecule has 2 heterocycles. The van der Waals surface area contributed by atoms with Gasteiger partial charge in [-0.1, -0.05) is 29.8 Å². The molecule has 2 aromatic rings. The van der Waals surface area contributed by atoms with Gasteiger partial charge >= 0.3 is 5.97 Å². The van der Waals surface area contributed by atoms with Crippen LogP contribution in [0.2, 0.25) is 0 Å². The Bertz CT molecular complexity index is 846. The Balaban J connectivity index is 2.21. The second-order valence-electron chi connectivity index (χ2n) is 6.62. The number of nitrogens with one attached hydrogen (secondary N) is 1. The van der Waals surface area contributed by atoms with E-state index >= 15 is 0 Å². The molecule has 1 fully saturated rings. The minimum absolute atomic E-state index is 0.173. The molecule has 1 aliphatic heterocycles. The molecule has 8 nitrogen and oxygen atoms in total. The second-order valence-corrected chi connectivity index (χ2v) is 6.62. The third-order valence-corrected chi connectivity index (χ3v) is 5.16. The van der Waals surface area contributed by atoms with Crippen LogP contribution in [0.15, 0.2) is 47.1 Å². The minimum Gasteiger partial charge on any atom is -0.469 e. The molecule has 0 saturated carbocycles. The fraction of sp³-hybridized carbons (Fsp3) is 0.368. The molecule has 1 aromatic heterocycles. The number of hydrogen-bond acceptors (Lipinski definition) is 6. The van der Waals surface area contributed by atoms with Crippen molar-refractivity contribution in [1.29, 1.82) is 0 Å². The van der Waals surface area contributed by atoms with Crippen molar-refractivity contribution in [3.63, 3.8) is 0 Å². The normalized spacial score (nSPS) is 22.9. The topological polar surface area (TPSA) is 112 Å². The number of carbonyl (C=O) groups excluding carboxylic acids is 2. The van der Waals surface area contributed by atoms with Gasteiger partial charge in [0.05, 0.1) is 13.4 Å². The Morgan fingerprint density at radius 1 is 1.41 bits per heavy atom. The lowest BCUT2D eigenvalue weighted by molar-refractivity contribution is -0.486. The fourth-order valence-electron chi connectivity index (χ4n) is 3.88. The van der Waals surface area contributed by atoms with Crippen molar-refractivity contribution in [3.05, 3.63) is 69.7 Å². The van der Waals surface area contributed by atoms with Crippen molar-refractivity contribution in [2.45, 2.75) is 18.8 Å². The lowest BCUT2D eigenvalue weighted by atomic mass is 9.64. The summed E-state index contributed by atoms with van der Waals surface area (Å²) in [5, 5.41) is 14.1. The Hall–Kier alpha value is -3.16. The lowest BCUT2D eigenvalue weighted by Crippen LogP contribution is -2.49. The van der Waals surface area contributed by atoms with E-state index in [9.17, 15) is 19.7 Å². The molecule has 1 N–H and O–H groups in total. The number of hydrogen-bond donors (Lipinski definition) is 1. The maximum atomic E-state index is 13.0. The lowest BCUT2D eigenvalue weighted by Gasteiger charge is -2.34. The Kier molecular flexibility index (Phi) is 4.98. The zero-order valence-electron chi connectivity index (χ0n) is 15.0. The van der Waals surface area contributed by atoms with Crippen LogP contribution in [0.3, 0.4) is 0 Å². The third-order valence-electron chi connectivity index (χ3n) is 5.16. The summed E-state index contributed by atoms with van der Waals surface area (Å²) in [7, 11) is 1.17. The number of esters is 1. The predicted molar refractivity (Wildman–Crippen MR) is 94.7 cm³/mol. The molecule has 142 valence electrons. The maximum absolute atomic E-state index is 13.0. The highest BCUT2D eigenvalue weighted by Gasteiger charge is 2.64. The minimum atomic E-state index is -1.80. The summed E-state index contributed by atoms with van der Waals surface area (Å²) in [6.07, 6.45) is 1.36. The van der Waals surface area contributed by atoms with E-state index in [-0.39, 0.29) is 12.3 Å². The molecule has 3 unspecified atom stereocenters. The van der Waals surface area contributed by atoms with E-state index in [2.05, 4.69) is 5.32 Å². The zero-order valence-corrected chi connectivity index (χ0v) is 15.0. The number of rotatable bonds is 6. The number of carbonyl (C=O) groups is 2. The first kappa shape index (κ1) is 18.6. The number of amides is 1. The number of nitro groups is 1. The molecule has 3 atom stereocenters. The first-order valence-corrected chi connectivity index (χ1v) is 8.49. The number of nitrogens with zero attached hydrogens (tertiary/aromatic N) is 1. The van der Waals surface area contributed by atoms with Crippen molar-refractivity contribution in [2.75, 3.05) is 20.2 Å². The summed E-state index contributed by atoms with van der Waals surface area (Å²) in [5.74, 6) is -2.95. The summed E-state index contributed by atoms with van der Waals surface area (Å²) in [6, 6.07) is 10.5. The zero-order chi connectivity index (χ0) is 19.6. The van der Waals surface area contributed by atoms with Crippen molar-refractivity contribution >= 4 is 11.9 Å². The Morgan fingerprint density at radius 2 is 2.11 bits per heavy atom. The molecular weight excluding hydrogens is 352 g/mol. The molecule has 8 heteroatoms. The molecule has 1 aliphatic rings. The summed E-state index contributed by atoms with van der Waals surface area (Å²) in [5.41, 5.74) is -0.0496. The Labute approximate surface area is 155 Å². The summed E-state index contributed by atoms with van der Waals surface area (Å²) in [4.78, 5) is 36.8. The van der Waals surface area contributed by atoms with Crippen molar-refractivity contribution in [2.24, 2.45) is 5.41 Å². The number of ether oxygens (including phenoxy) is 1. The van der Waals surface area contributed by atoms with Gasteiger partial charge in [-0.05, 0) is 24.6 Å². The fourth-order valence-corrected chi connectivity index (χ4v) is 3.88. The van der Waals surface area contributed by atoms with Crippen LogP contribution in [-0.2, 0) is 14.3 Å². The highest BCUT2D eigenvalue weighted by Crippen LogP contribution is 2.51. The van der Waals surface area contributed by atoms with Gasteiger partial charge in [0.15, 0.2) is 5.41 Å². The van der Waals surface area contributed by atoms with E-state index in [0.717, 1.165) is 11.1 Å². The van der Waals surface area contributed by atoms with Gasteiger partial charge in [0.2, 0.25) is 12.5 Å². The molecule has 0 bridgehead atoms. The van der Waals surface area contributed by atoms with Gasteiger partial charge in [-0.3, -0.25) is 19.7 Å². The standard InChI is InChI=1S/C19H20N2O6/c1-12-5-7-13(8-6-12)14-10-20-17(22)19(14,18(23)26-2)15(11-21(24)25)16-4-3-9-27-16/h3-9,14-15H,10-11H2,1-2H3,(H,20,22). The van der Waals surface area contributed by atoms with E-state index in [0.29, 0.717) is 0 Å². The molecule has 1 amide bonds. The first-order valence-electron chi connectivity index (χ1n) is 8.49. The monoisotopic (exact) mass is 372 g/mol. The summed E-state index contributed by atoms with van der Waals surface area (Å²) < 4.78 is 10.4. The van der Waals surface area contributed by atoms with Gasteiger partial charge in [-0.15, -0.1) is 0 Å². The van der Waals surface area contributed by atoms with E-state index in [4.69, 9.17) is 9.15 Å². The van der Waals surface area contributed by atoms with Gasteiger partial charge in [0, 0.05) is 17.4 Å². The molecule has 0 radical (unpaired) electrons. The molecule has 0 aliphatic carbocycles. The summed E-state index contributed by atoms with van der Waals surface area (Å²) in [6.45, 7) is 1.46. The van der Waals surface area contributed by atoms with Gasteiger partial charge in [-0.2, -0.15) is 0 Å². The van der Waals surface area contributed by atoms with Gasteiger partial charge < -0.3 is 14.5 Å². The van der Waals surface area contributed by atoms with Gasteiger partial charge in [0.25, 0.3) is 0 Å². The van der Waals surface area contributed by atoms with Gasteiger partial charge in [-0.25, -0.2) is 0 Å². The molecule has 0 spiro atoms. The largest absolute Gasteiger partial charge is 0.469 e. The maximum Gasteiger partial charge on any atom is 0.323 e. The van der Waals surface area contributed by atoms with Crippen LogP contribution in [0.25, 0.3) is 0 Å². The number of furan rings is 1. The van der Waals surface area contributed by atoms with E-state index in [1.807, 2.05) is 31.2 Å². The predicted octanol–water partition coefficient (Wildman–Crippen LogP) is 2.02. The van der Waals surface area contributed by atoms with Crippen LogP contribution in [0.4, 0.5) is 0 Å². The SMILES string of the molecule is COC(=O)C1(C(C[N+](=O)[O-])c2ccco2)C(=O)NCC1c1ccc(C)cc1. The molecule has 27 heavy (non-hydrogen) atoms. The highest BCUT2D eigenvalue weighted by molar-refractivity contribution is 6.06. The van der Waals surface area contributed by atoms with Gasteiger partial charge in [0.1, 0.15) is 11.7 Å². The molecule has 1 aromatic carbocycles. The third kappa shape index (κ3) is 3.07.